The van der Waals surface area contributed by atoms with Crippen LogP contribution in [-0.4, -0.2) is 43.0 Å². The van der Waals surface area contributed by atoms with Crippen molar-refractivity contribution < 1.29 is 4.79 Å². The minimum atomic E-state index is 0.0458. The highest BCUT2D eigenvalue weighted by atomic mass is 35.5. The van der Waals surface area contributed by atoms with E-state index in [4.69, 9.17) is 11.6 Å². The Bertz CT molecular complexity index is 733. The van der Waals surface area contributed by atoms with Gasteiger partial charge in [0.05, 0.1) is 23.3 Å². The Kier molecular flexibility index (Phi) is 3.64. The highest BCUT2D eigenvalue weighted by Crippen LogP contribution is 2.38. The summed E-state index contributed by atoms with van der Waals surface area (Å²) in [5.41, 5.74) is 1.73. The third kappa shape index (κ3) is 2.87. The van der Waals surface area contributed by atoms with Crippen LogP contribution in [0, 0.1) is 0 Å². The first-order valence-corrected chi connectivity index (χ1v) is 8.52. The molecular formula is C16H20ClN5O. The molecule has 2 aromatic rings. The Labute approximate surface area is 140 Å². The van der Waals surface area contributed by atoms with Crippen LogP contribution in [0.2, 0.25) is 5.02 Å². The van der Waals surface area contributed by atoms with Crippen LogP contribution in [-0.2, 0) is 13.6 Å². The summed E-state index contributed by atoms with van der Waals surface area (Å²) >= 11 is 6.01. The van der Waals surface area contributed by atoms with Gasteiger partial charge in [-0.2, -0.15) is 0 Å². The molecule has 2 aromatic heterocycles. The number of likely N-dealkylation sites (tertiary alicyclic amines) is 1. The second-order valence-electron chi connectivity index (χ2n) is 6.59. The molecule has 0 bridgehead atoms. The van der Waals surface area contributed by atoms with E-state index in [0.717, 1.165) is 25.1 Å². The van der Waals surface area contributed by atoms with Crippen LogP contribution in [0.5, 0.6) is 0 Å². The molecule has 0 aromatic carbocycles. The molecule has 1 saturated carbocycles. The smallest absolute Gasteiger partial charge is 0.270 e. The fourth-order valence-electron chi connectivity index (χ4n) is 3.36. The first kappa shape index (κ1) is 14.8. The molecule has 0 spiro atoms. The first-order chi connectivity index (χ1) is 11.1. The Morgan fingerprint density at radius 1 is 1.35 bits per heavy atom. The SMILES string of the molecule is Cn1cc(Cl)cc1C(=O)N1CCC[C@H]1Cn1cc(C2CC2)nn1. The van der Waals surface area contributed by atoms with E-state index >= 15 is 0 Å². The number of aromatic nitrogens is 4. The van der Waals surface area contributed by atoms with Gasteiger partial charge in [0.2, 0.25) is 0 Å². The summed E-state index contributed by atoms with van der Waals surface area (Å²) in [7, 11) is 1.85. The van der Waals surface area contributed by atoms with Gasteiger partial charge in [0.25, 0.3) is 5.91 Å². The molecule has 0 N–H and O–H groups in total. The highest BCUT2D eigenvalue weighted by Gasteiger charge is 2.32. The maximum absolute atomic E-state index is 12.8. The van der Waals surface area contributed by atoms with Crippen molar-refractivity contribution in [2.75, 3.05) is 6.54 Å². The number of hydrogen-bond donors (Lipinski definition) is 0. The average Bonchev–Trinajstić information content (AvgIpc) is 2.93. The molecule has 2 fully saturated rings. The summed E-state index contributed by atoms with van der Waals surface area (Å²) < 4.78 is 3.68. The van der Waals surface area contributed by atoms with Gasteiger partial charge in [-0.15, -0.1) is 5.10 Å². The van der Waals surface area contributed by atoms with Crippen LogP contribution in [0.25, 0.3) is 0 Å². The van der Waals surface area contributed by atoms with Crippen molar-refractivity contribution in [2.45, 2.75) is 44.2 Å². The highest BCUT2D eigenvalue weighted by molar-refractivity contribution is 6.31. The van der Waals surface area contributed by atoms with E-state index in [0.29, 0.717) is 23.2 Å². The van der Waals surface area contributed by atoms with E-state index in [1.54, 1.807) is 16.8 Å². The number of hydrogen-bond acceptors (Lipinski definition) is 3. The molecule has 7 heteroatoms. The molecule has 23 heavy (non-hydrogen) atoms. The van der Waals surface area contributed by atoms with Crippen LogP contribution in [0.1, 0.15) is 47.8 Å². The second-order valence-corrected chi connectivity index (χ2v) is 7.03. The van der Waals surface area contributed by atoms with Gasteiger partial charge in [0, 0.05) is 31.9 Å². The average molecular weight is 334 g/mol. The van der Waals surface area contributed by atoms with Gasteiger partial charge in [0.15, 0.2) is 0 Å². The van der Waals surface area contributed by atoms with Crippen LogP contribution in [0.15, 0.2) is 18.5 Å². The van der Waals surface area contributed by atoms with E-state index in [1.165, 1.54) is 12.8 Å². The lowest BCUT2D eigenvalue weighted by Gasteiger charge is -2.24. The fourth-order valence-corrected chi connectivity index (χ4v) is 3.61. The lowest BCUT2D eigenvalue weighted by Crippen LogP contribution is -2.39. The number of carbonyl (C=O) groups is 1. The van der Waals surface area contributed by atoms with Gasteiger partial charge in [-0.25, -0.2) is 0 Å². The van der Waals surface area contributed by atoms with Gasteiger partial charge in [-0.05, 0) is 31.7 Å². The number of carbonyl (C=O) groups excluding carboxylic acids is 1. The van der Waals surface area contributed by atoms with Gasteiger partial charge < -0.3 is 9.47 Å². The summed E-state index contributed by atoms with van der Waals surface area (Å²) in [5.74, 6) is 0.653. The van der Waals surface area contributed by atoms with Crippen LogP contribution in [0.3, 0.4) is 0 Å². The molecule has 3 heterocycles. The first-order valence-electron chi connectivity index (χ1n) is 8.14. The number of nitrogens with zero attached hydrogens (tertiary/aromatic N) is 5. The lowest BCUT2D eigenvalue weighted by molar-refractivity contribution is 0.0711. The Hall–Kier alpha value is -1.82. The molecular weight excluding hydrogens is 314 g/mol. The summed E-state index contributed by atoms with van der Waals surface area (Å²) in [6.07, 6.45) is 8.28. The Morgan fingerprint density at radius 2 is 2.17 bits per heavy atom. The minimum Gasteiger partial charge on any atom is -0.345 e. The van der Waals surface area contributed by atoms with E-state index < -0.39 is 0 Å². The lowest BCUT2D eigenvalue weighted by atomic mass is 10.2. The zero-order chi connectivity index (χ0) is 16.0. The van der Waals surface area contributed by atoms with E-state index in [-0.39, 0.29) is 11.9 Å². The van der Waals surface area contributed by atoms with Gasteiger partial charge in [0.1, 0.15) is 5.69 Å². The second kappa shape index (κ2) is 5.67. The normalized spacial score (nSPS) is 21.1. The molecule has 0 radical (unpaired) electrons. The molecule has 6 nitrogen and oxygen atoms in total. The van der Waals surface area contributed by atoms with Crippen molar-refractivity contribution in [2.24, 2.45) is 7.05 Å². The van der Waals surface area contributed by atoms with Gasteiger partial charge in [-0.3, -0.25) is 9.48 Å². The molecule has 1 aliphatic carbocycles. The Balaban J connectivity index is 1.49. The van der Waals surface area contributed by atoms with Gasteiger partial charge in [-0.1, -0.05) is 16.8 Å². The van der Waals surface area contributed by atoms with E-state index in [9.17, 15) is 4.79 Å². The predicted octanol–water partition coefficient (Wildman–Crippen LogP) is 2.45. The summed E-state index contributed by atoms with van der Waals surface area (Å²) in [5, 5.41) is 9.08. The molecule has 1 atom stereocenters. The van der Waals surface area contributed by atoms with Crippen molar-refractivity contribution >= 4 is 17.5 Å². The zero-order valence-corrected chi connectivity index (χ0v) is 13.9. The third-order valence-electron chi connectivity index (χ3n) is 4.78. The maximum atomic E-state index is 12.8. The third-order valence-corrected chi connectivity index (χ3v) is 4.99. The summed E-state index contributed by atoms with van der Waals surface area (Å²) in [6.45, 7) is 1.50. The van der Waals surface area contributed by atoms with Crippen molar-refractivity contribution in [1.29, 1.82) is 0 Å². The summed E-state index contributed by atoms with van der Waals surface area (Å²) in [6, 6.07) is 1.91. The molecule has 1 saturated heterocycles. The minimum absolute atomic E-state index is 0.0458. The number of aryl methyl sites for hydroxylation is 1. The van der Waals surface area contributed by atoms with E-state index in [1.807, 2.05) is 22.8 Å². The number of rotatable bonds is 4. The molecule has 122 valence electrons. The predicted molar refractivity (Wildman–Crippen MR) is 86.5 cm³/mol. The molecule has 0 unspecified atom stereocenters. The largest absolute Gasteiger partial charge is 0.345 e. The topological polar surface area (TPSA) is 56.0 Å². The van der Waals surface area contributed by atoms with Crippen molar-refractivity contribution in [3.63, 3.8) is 0 Å². The van der Waals surface area contributed by atoms with Gasteiger partial charge >= 0.3 is 0 Å². The Morgan fingerprint density at radius 3 is 2.87 bits per heavy atom. The van der Waals surface area contributed by atoms with Crippen molar-refractivity contribution in [3.05, 3.63) is 34.9 Å². The molecule has 2 aliphatic rings. The van der Waals surface area contributed by atoms with E-state index in [2.05, 4.69) is 10.3 Å². The summed E-state index contributed by atoms with van der Waals surface area (Å²) in [4.78, 5) is 14.8. The molecule has 4 rings (SSSR count). The van der Waals surface area contributed by atoms with Crippen LogP contribution >= 0.6 is 11.6 Å². The number of amides is 1. The monoisotopic (exact) mass is 333 g/mol. The van der Waals surface area contributed by atoms with Crippen LogP contribution in [0.4, 0.5) is 0 Å². The van der Waals surface area contributed by atoms with Crippen molar-refractivity contribution in [3.8, 4) is 0 Å². The zero-order valence-electron chi connectivity index (χ0n) is 13.2. The molecule has 1 amide bonds. The molecule has 1 aliphatic heterocycles. The number of halogens is 1. The standard InChI is InChI=1S/C16H20ClN5O/c1-20-8-12(17)7-15(20)16(23)22-6-2-3-13(22)9-21-10-14(18-19-21)11-4-5-11/h7-8,10-11,13H,2-6,9H2,1H3/t13-/m0/s1. The van der Waals surface area contributed by atoms with Crippen molar-refractivity contribution in [1.82, 2.24) is 24.5 Å². The maximum Gasteiger partial charge on any atom is 0.270 e. The quantitative estimate of drug-likeness (QED) is 0.863. The van der Waals surface area contributed by atoms with Crippen LogP contribution < -0.4 is 0 Å². The fraction of sp³-hybridized carbons (Fsp3) is 0.562.